The molecule has 0 aliphatic heterocycles. The minimum Gasteiger partial charge on any atom is -0.456 e. The number of fused-ring (bicyclic) bond motifs is 18. The summed E-state index contributed by atoms with van der Waals surface area (Å²) >= 11 is 0. The molecular formula is C102H58N8O4. The number of benzene rings is 16. The second kappa shape index (κ2) is 24.9. The quantitative estimate of drug-likeness (QED) is 0.123. The summed E-state index contributed by atoms with van der Waals surface area (Å²) in [6, 6.07) is 122. The minimum absolute atomic E-state index is 0.492. The van der Waals surface area contributed by atoms with Gasteiger partial charge in [0.15, 0.2) is 34.9 Å². The van der Waals surface area contributed by atoms with E-state index in [1.54, 1.807) is 0 Å². The predicted molar refractivity (Wildman–Crippen MR) is 460 cm³/mol. The van der Waals surface area contributed by atoms with Crippen molar-refractivity contribution < 1.29 is 17.7 Å². The monoisotopic (exact) mass is 1460 g/mol. The molecule has 0 saturated heterocycles. The summed E-state index contributed by atoms with van der Waals surface area (Å²) in [5.74, 6) is 3.06. The molecule has 24 aromatic rings. The molecular weight excluding hydrogens is 1400 g/mol. The zero-order valence-corrected chi connectivity index (χ0v) is 60.7. The van der Waals surface area contributed by atoms with Crippen LogP contribution in [0.5, 0.6) is 0 Å². The fraction of sp³-hybridized carbons (Fsp3) is 0. The molecule has 0 saturated carbocycles. The maximum Gasteiger partial charge on any atom is 0.164 e. The lowest BCUT2D eigenvalue weighted by Crippen LogP contribution is -2.00. The Morgan fingerprint density at radius 3 is 1.00 bits per heavy atom. The number of hydrogen-bond acceptors (Lipinski definition) is 10. The van der Waals surface area contributed by atoms with Gasteiger partial charge in [0.25, 0.3) is 0 Å². The van der Waals surface area contributed by atoms with Crippen LogP contribution in [-0.4, -0.2) is 39.0 Å². The third kappa shape index (κ3) is 10.0. The van der Waals surface area contributed by atoms with Crippen molar-refractivity contribution >= 4 is 131 Å². The summed E-state index contributed by atoms with van der Waals surface area (Å²) < 4.78 is 32.0. The van der Waals surface area contributed by atoms with Crippen LogP contribution in [0.15, 0.2) is 370 Å². The number of furan rings is 4. The SMILES string of the molecule is c1ccc(-c2nc(-c3ccc4c(c3)oc3cc(-c5cccc(-c6nc(-c7ccc8c(c7)oc7ccccc78)nc(-c7ccc8c(c7)oc7c(-c9cccc%10c%11ccccc%11n(-c%11ccccc%11)c9%10)cccc78)n6)c5)ccc34)nc(-c3ccc4c(c3)oc3cc(-c5cccc6c7ccccc7n(-c7ccccc7)c56)ccc34)n2)cc1. The predicted octanol–water partition coefficient (Wildman–Crippen LogP) is 26.9. The smallest absolute Gasteiger partial charge is 0.164 e. The lowest BCUT2D eigenvalue weighted by Gasteiger charge is -2.12. The van der Waals surface area contributed by atoms with Crippen molar-refractivity contribution in [2.45, 2.75) is 0 Å². The van der Waals surface area contributed by atoms with E-state index < -0.39 is 0 Å². The van der Waals surface area contributed by atoms with Gasteiger partial charge in [-0.2, -0.15) is 0 Å². The molecule has 24 rings (SSSR count). The zero-order chi connectivity index (χ0) is 74.6. The van der Waals surface area contributed by atoms with Crippen LogP contribution in [0, 0.1) is 0 Å². The van der Waals surface area contributed by atoms with Crippen LogP contribution >= 0.6 is 0 Å². The van der Waals surface area contributed by atoms with E-state index in [0.717, 1.165) is 177 Å². The van der Waals surface area contributed by atoms with E-state index in [4.69, 9.17) is 47.6 Å². The first-order valence-corrected chi connectivity index (χ1v) is 38.1. The molecule has 0 N–H and O–H groups in total. The lowest BCUT2D eigenvalue weighted by molar-refractivity contribution is 0.668. The molecule has 0 aliphatic carbocycles. The Hall–Kier alpha value is -15.7. The Morgan fingerprint density at radius 1 is 0.175 bits per heavy atom. The van der Waals surface area contributed by atoms with Crippen molar-refractivity contribution in [2.24, 2.45) is 0 Å². The van der Waals surface area contributed by atoms with Crippen molar-refractivity contribution in [1.82, 2.24) is 39.0 Å². The van der Waals surface area contributed by atoms with Crippen molar-refractivity contribution in [3.05, 3.63) is 352 Å². The molecule has 0 amide bonds. The number of hydrogen-bond donors (Lipinski definition) is 0. The Morgan fingerprint density at radius 2 is 0.482 bits per heavy atom. The Labute approximate surface area is 649 Å². The molecule has 0 spiro atoms. The molecule has 8 aromatic heterocycles. The van der Waals surface area contributed by atoms with E-state index in [9.17, 15) is 0 Å². The van der Waals surface area contributed by atoms with Crippen LogP contribution in [0.3, 0.4) is 0 Å². The molecule has 0 bridgehead atoms. The van der Waals surface area contributed by atoms with Gasteiger partial charge in [-0.1, -0.05) is 231 Å². The molecule has 0 radical (unpaired) electrons. The lowest BCUT2D eigenvalue weighted by atomic mass is 9.99. The molecule has 8 heterocycles. The van der Waals surface area contributed by atoms with Gasteiger partial charge in [0.2, 0.25) is 0 Å². The van der Waals surface area contributed by atoms with Gasteiger partial charge < -0.3 is 26.8 Å². The Bertz CT molecular complexity index is 8130. The number of nitrogens with zero attached hydrogens (tertiary/aromatic N) is 8. The van der Waals surface area contributed by atoms with E-state index in [1.165, 1.54) is 21.5 Å². The van der Waals surface area contributed by atoms with Gasteiger partial charge in [0.1, 0.15) is 44.7 Å². The number of rotatable bonds is 11. The number of para-hydroxylation sites is 8. The highest BCUT2D eigenvalue weighted by Crippen LogP contribution is 2.46. The van der Waals surface area contributed by atoms with Crippen LogP contribution in [-0.2, 0) is 0 Å². The van der Waals surface area contributed by atoms with Gasteiger partial charge in [-0.3, -0.25) is 0 Å². The first kappa shape index (κ1) is 63.3. The first-order chi connectivity index (χ1) is 56.4. The van der Waals surface area contributed by atoms with Gasteiger partial charge in [0, 0.05) is 126 Å². The molecule has 12 heteroatoms. The van der Waals surface area contributed by atoms with E-state index in [-0.39, 0.29) is 0 Å². The van der Waals surface area contributed by atoms with E-state index in [1.807, 2.05) is 72.8 Å². The maximum atomic E-state index is 7.09. The van der Waals surface area contributed by atoms with Crippen LogP contribution in [0.25, 0.3) is 244 Å². The fourth-order valence-electron chi connectivity index (χ4n) is 17.3. The molecule has 12 nitrogen and oxygen atoms in total. The van der Waals surface area contributed by atoms with Crippen LogP contribution in [0.2, 0.25) is 0 Å². The topological polar surface area (TPSA) is 140 Å². The van der Waals surface area contributed by atoms with Crippen molar-refractivity contribution in [1.29, 1.82) is 0 Å². The van der Waals surface area contributed by atoms with Gasteiger partial charge in [0.05, 0.1) is 22.1 Å². The van der Waals surface area contributed by atoms with Crippen LogP contribution in [0.1, 0.15) is 0 Å². The maximum absolute atomic E-state index is 7.09. The highest BCUT2D eigenvalue weighted by Gasteiger charge is 2.25. The summed E-state index contributed by atoms with van der Waals surface area (Å²) in [5, 5.41) is 12.8. The largest absolute Gasteiger partial charge is 0.456 e. The van der Waals surface area contributed by atoms with E-state index in [2.05, 4.69) is 288 Å². The third-order valence-corrected chi connectivity index (χ3v) is 22.6. The molecule has 0 unspecified atom stereocenters. The summed E-state index contributed by atoms with van der Waals surface area (Å²) in [4.78, 5) is 31.4. The third-order valence-electron chi connectivity index (χ3n) is 22.6. The van der Waals surface area contributed by atoms with E-state index >= 15 is 0 Å². The van der Waals surface area contributed by atoms with Gasteiger partial charge in [-0.15, -0.1) is 0 Å². The molecule has 530 valence electrons. The average Bonchev–Trinajstić information content (AvgIpc) is 1.57. The van der Waals surface area contributed by atoms with Crippen molar-refractivity contribution in [3.63, 3.8) is 0 Å². The van der Waals surface area contributed by atoms with Gasteiger partial charge in [-0.05, 0) is 138 Å². The summed E-state index contributed by atoms with van der Waals surface area (Å²) in [6.07, 6.45) is 0. The molecule has 114 heavy (non-hydrogen) atoms. The normalized spacial score (nSPS) is 12.0. The van der Waals surface area contributed by atoms with Crippen LogP contribution in [0.4, 0.5) is 0 Å². The van der Waals surface area contributed by atoms with Crippen molar-refractivity contribution in [3.8, 4) is 113 Å². The summed E-state index contributed by atoms with van der Waals surface area (Å²) in [6.45, 7) is 0. The summed E-state index contributed by atoms with van der Waals surface area (Å²) in [5.41, 5.74) is 23.8. The van der Waals surface area contributed by atoms with E-state index in [0.29, 0.717) is 46.1 Å². The highest BCUT2D eigenvalue weighted by atomic mass is 16.3. The van der Waals surface area contributed by atoms with Gasteiger partial charge >= 0.3 is 0 Å². The van der Waals surface area contributed by atoms with Crippen LogP contribution < -0.4 is 0 Å². The Kier molecular flexibility index (Phi) is 13.8. The summed E-state index contributed by atoms with van der Waals surface area (Å²) in [7, 11) is 0. The van der Waals surface area contributed by atoms with Crippen molar-refractivity contribution in [2.75, 3.05) is 0 Å². The second-order valence-corrected chi connectivity index (χ2v) is 29.2. The molecule has 0 fully saturated rings. The molecule has 0 aliphatic rings. The molecule has 16 aromatic carbocycles. The van der Waals surface area contributed by atoms with Gasteiger partial charge in [-0.25, -0.2) is 29.9 Å². The average molecular weight is 1460 g/mol. The minimum atomic E-state index is 0.492. The second-order valence-electron chi connectivity index (χ2n) is 29.2. The standard InChI is InChI=1S/C102H58N8O4/c1-4-20-59(21-5-1)97-103-99(107-100(104-97)66-44-50-78-76-47-41-62(54-89(76)113-92(78)57-66)70-31-17-32-80-71-28-10-13-37-85(71)109(94(70)80)68-24-6-2-7-25-68)65-43-49-77-75-46-40-61(53-88(75)112-91(77)56-65)60-22-16-23-63(52-60)98-105-101(64-42-48-74-73-30-12-15-39-87(73)111-90(74)55-64)108-102(106-98)67-45-51-79-83-35-19-36-84(96(83)114-93(79)58-67)82-34-18-33-81-72-29-11-14-38-86(72)110(95(81)82)69-26-8-3-9-27-69/h1-58H. The fourth-order valence-corrected chi connectivity index (χ4v) is 17.3. The number of aromatic nitrogens is 8. The first-order valence-electron chi connectivity index (χ1n) is 38.1. The Balaban J connectivity index is 0.577. The molecule has 0 atom stereocenters. The highest BCUT2D eigenvalue weighted by molar-refractivity contribution is 6.19. The zero-order valence-electron chi connectivity index (χ0n) is 60.7.